The predicted molar refractivity (Wildman–Crippen MR) is 81.5 cm³/mol. The number of para-hydroxylation sites is 1. The molecule has 0 aliphatic heterocycles. The number of nitrogens with one attached hydrogen (secondary N) is 1. The van der Waals surface area contributed by atoms with Gasteiger partial charge in [-0.2, -0.15) is 0 Å². The van der Waals surface area contributed by atoms with E-state index >= 15 is 0 Å². The maximum atomic E-state index is 14.1. The Morgan fingerprint density at radius 1 is 1.40 bits per heavy atom. The van der Waals surface area contributed by atoms with Gasteiger partial charge in [-0.25, -0.2) is 12.8 Å². The van der Waals surface area contributed by atoms with Gasteiger partial charge < -0.3 is 10.2 Å². The molecule has 0 aliphatic carbocycles. The first-order valence-corrected chi connectivity index (χ1v) is 8.73. The average Bonchev–Trinajstić information content (AvgIpc) is 2.35. The number of halogens is 1. The summed E-state index contributed by atoms with van der Waals surface area (Å²) in [5.41, 5.74) is 1.30. The normalized spacial score (nSPS) is 13.2. The highest BCUT2D eigenvalue weighted by Crippen LogP contribution is 2.28. The van der Waals surface area contributed by atoms with Gasteiger partial charge in [-0.05, 0) is 25.1 Å². The van der Waals surface area contributed by atoms with Gasteiger partial charge in [0.25, 0.3) is 0 Å². The van der Waals surface area contributed by atoms with Gasteiger partial charge in [-0.3, -0.25) is 0 Å². The molecule has 6 heteroatoms. The highest BCUT2D eigenvalue weighted by molar-refractivity contribution is 7.90. The summed E-state index contributed by atoms with van der Waals surface area (Å²) in [6, 6.07) is 4.94. The highest BCUT2D eigenvalue weighted by Gasteiger charge is 2.17. The van der Waals surface area contributed by atoms with E-state index < -0.39 is 9.84 Å². The van der Waals surface area contributed by atoms with Crippen molar-refractivity contribution in [1.82, 2.24) is 5.32 Å². The molecule has 4 nitrogen and oxygen atoms in total. The van der Waals surface area contributed by atoms with Crippen molar-refractivity contribution in [3.8, 4) is 0 Å². The molecule has 1 aromatic rings. The molecule has 0 saturated heterocycles. The van der Waals surface area contributed by atoms with Crippen LogP contribution in [-0.4, -0.2) is 40.6 Å². The Kier molecular flexibility index (Phi) is 5.95. The largest absolute Gasteiger partial charge is 0.371 e. The molecule has 0 bridgehead atoms. The van der Waals surface area contributed by atoms with E-state index in [1.165, 1.54) is 12.3 Å². The maximum absolute atomic E-state index is 14.1. The van der Waals surface area contributed by atoms with Crippen molar-refractivity contribution in [1.29, 1.82) is 0 Å². The lowest BCUT2D eigenvalue weighted by atomic mass is 10.0. The van der Waals surface area contributed by atoms with Gasteiger partial charge in [0.05, 0.1) is 11.4 Å². The Bertz CT molecular complexity index is 546. The average molecular weight is 302 g/mol. The van der Waals surface area contributed by atoms with Crippen LogP contribution in [0.25, 0.3) is 0 Å². The van der Waals surface area contributed by atoms with E-state index in [0.717, 1.165) is 12.1 Å². The van der Waals surface area contributed by atoms with Gasteiger partial charge in [-0.1, -0.05) is 19.1 Å². The summed E-state index contributed by atoms with van der Waals surface area (Å²) < 4.78 is 36.6. The van der Waals surface area contributed by atoms with Gasteiger partial charge in [0.2, 0.25) is 0 Å². The van der Waals surface area contributed by atoms with Crippen LogP contribution in [0.5, 0.6) is 0 Å². The van der Waals surface area contributed by atoms with Crippen LogP contribution in [0.2, 0.25) is 0 Å². The van der Waals surface area contributed by atoms with Crippen molar-refractivity contribution in [3.05, 3.63) is 29.6 Å². The zero-order chi connectivity index (χ0) is 15.3. The molecular formula is C14H23FN2O2S. The molecule has 1 unspecified atom stereocenters. The quantitative estimate of drug-likeness (QED) is 0.837. The van der Waals surface area contributed by atoms with Crippen LogP contribution >= 0.6 is 0 Å². The van der Waals surface area contributed by atoms with E-state index in [1.807, 2.05) is 19.9 Å². The molecule has 0 aromatic heterocycles. The van der Waals surface area contributed by atoms with E-state index in [0.29, 0.717) is 5.69 Å². The summed E-state index contributed by atoms with van der Waals surface area (Å²) in [7, 11) is -1.35. The third kappa shape index (κ3) is 4.76. The lowest BCUT2D eigenvalue weighted by molar-refractivity contribution is 0.579. The third-order valence-corrected chi connectivity index (χ3v) is 4.10. The fourth-order valence-corrected chi connectivity index (χ4v) is 2.72. The van der Waals surface area contributed by atoms with Crippen LogP contribution in [0, 0.1) is 5.82 Å². The molecule has 1 rings (SSSR count). The summed E-state index contributed by atoms with van der Waals surface area (Å²) in [5.74, 6) is -0.324. The van der Waals surface area contributed by atoms with E-state index in [2.05, 4.69) is 5.32 Å². The van der Waals surface area contributed by atoms with Crippen molar-refractivity contribution in [3.63, 3.8) is 0 Å². The van der Waals surface area contributed by atoms with Gasteiger partial charge in [0, 0.05) is 25.9 Å². The van der Waals surface area contributed by atoms with Crippen molar-refractivity contribution >= 4 is 15.5 Å². The second-order valence-corrected chi connectivity index (χ2v) is 7.27. The number of hydrogen-bond donors (Lipinski definition) is 1. The second kappa shape index (κ2) is 7.04. The Morgan fingerprint density at radius 3 is 2.60 bits per heavy atom. The SMILES string of the molecule is CCNC(C)c1cccc(F)c1N(C)CCS(C)(=O)=O. The third-order valence-electron chi connectivity index (χ3n) is 3.17. The molecule has 0 heterocycles. The number of nitrogens with zero attached hydrogens (tertiary/aromatic N) is 1. The first-order valence-electron chi connectivity index (χ1n) is 6.67. The van der Waals surface area contributed by atoms with Gasteiger partial charge in [-0.15, -0.1) is 0 Å². The first-order chi connectivity index (χ1) is 9.26. The molecule has 0 saturated carbocycles. The van der Waals surface area contributed by atoms with Crippen LogP contribution in [0.3, 0.4) is 0 Å². The molecule has 0 amide bonds. The maximum Gasteiger partial charge on any atom is 0.149 e. The van der Waals surface area contributed by atoms with Crippen LogP contribution < -0.4 is 10.2 Å². The summed E-state index contributed by atoms with van der Waals surface area (Å²) >= 11 is 0. The smallest absolute Gasteiger partial charge is 0.149 e. The molecule has 0 radical (unpaired) electrons. The Morgan fingerprint density at radius 2 is 2.05 bits per heavy atom. The van der Waals surface area contributed by atoms with Crippen molar-refractivity contribution < 1.29 is 12.8 Å². The van der Waals surface area contributed by atoms with Crippen LogP contribution in [0.4, 0.5) is 10.1 Å². The minimum absolute atomic E-state index is 0.00591. The Hall–Kier alpha value is -1.14. The van der Waals surface area contributed by atoms with Crippen LogP contribution in [0.1, 0.15) is 25.5 Å². The minimum Gasteiger partial charge on any atom is -0.371 e. The molecule has 1 N–H and O–H groups in total. The standard InChI is InChI=1S/C14H23FN2O2S/c1-5-16-11(2)12-7-6-8-13(15)14(12)17(3)9-10-20(4,18)19/h6-8,11,16H,5,9-10H2,1-4H3. The number of anilines is 1. The molecule has 1 aromatic carbocycles. The molecular weight excluding hydrogens is 279 g/mol. The molecule has 0 spiro atoms. The fraction of sp³-hybridized carbons (Fsp3) is 0.571. The van der Waals surface area contributed by atoms with E-state index in [4.69, 9.17) is 0 Å². The van der Waals surface area contributed by atoms with Crippen LogP contribution in [-0.2, 0) is 9.84 Å². The second-order valence-electron chi connectivity index (χ2n) is 5.01. The number of sulfone groups is 1. The monoisotopic (exact) mass is 302 g/mol. The fourth-order valence-electron chi connectivity index (χ4n) is 2.11. The van der Waals surface area contributed by atoms with Crippen molar-refractivity contribution in [2.45, 2.75) is 19.9 Å². The molecule has 0 fully saturated rings. The summed E-state index contributed by atoms with van der Waals surface area (Å²) in [4.78, 5) is 1.67. The van der Waals surface area contributed by atoms with Gasteiger partial charge in [0.15, 0.2) is 0 Å². The summed E-state index contributed by atoms with van der Waals surface area (Å²) in [6.07, 6.45) is 1.18. The van der Waals surface area contributed by atoms with Crippen molar-refractivity contribution in [2.75, 3.05) is 37.0 Å². The summed E-state index contributed by atoms with van der Waals surface area (Å²) in [5, 5.41) is 3.25. The highest BCUT2D eigenvalue weighted by atomic mass is 32.2. The minimum atomic E-state index is -3.06. The first kappa shape index (κ1) is 16.9. The molecule has 114 valence electrons. The number of rotatable bonds is 7. The van der Waals surface area contributed by atoms with E-state index in [9.17, 15) is 12.8 Å². The Labute approximate surface area is 120 Å². The van der Waals surface area contributed by atoms with E-state index in [-0.39, 0.29) is 24.2 Å². The van der Waals surface area contributed by atoms with E-state index in [1.54, 1.807) is 18.0 Å². The zero-order valence-corrected chi connectivity index (χ0v) is 13.3. The number of benzene rings is 1. The zero-order valence-electron chi connectivity index (χ0n) is 12.5. The molecule has 20 heavy (non-hydrogen) atoms. The topological polar surface area (TPSA) is 49.4 Å². The van der Waals surface area contributed by atoms with Crippen LogP contribution in [0.15, 0.2) is 18.2 Å². The van der Waals surface area contributed by atoms with Gasteiger partial charge >= 0.3 is 0 Å². The summed E-state index contributed by atoms with van der Waals surface area (Å²) in [6.45, 7) is 5.00. The molecule has 1 atom stereocenters. The lowest BCUT2D eigenvalue weighted by Crippen LogP contribution is -2.28. The van der Waals surface area contributed by atoms with Gasteiger partial charge in [0.1, 0.15) is 15.7 Å². The Balaban J connectivity index is 3.03. The molecule has 0 aliphatic rings. The number of hydrogen-bond acceptors (Lipinski definition) is 4. The predicted octanol–water partition coefficient (Wildman–Crippen LogP) is 1.98. The van der Waals surface area contributed by atoms with Crippen molar-refractivity contribution in [2.24, 2.45) is 0 Å². The lowest BCUT2D eigenvalue weighted by Gasteiger charge is -2.25.